The van der Waals surface area contributed by atoms with E-state index in [4.69, 9.17) is 5.11 Å². The van der Waals surface area contributed by atoms with Gasteiger partial charge in [0.05, 0.1) is 10.5 Å². The van der Waals surface area contributed by atoms with Gasteiger partial charge < -0.3 is 5.11 Å². The highest BCUT2D eigenvalue weighted by Crippen LogP contribution is 2.27. The molecule has 1 heterocycles. The first-order valence-corrected chi connectivity index (χ1v) is 5.57. The predicted octanol–water partition coefficient (Wildman–Crippen LogP) is 2.23. The molecule has 1 aromatic heterocycles. The second-order valence-electron chi connectivity index (χ2n) is 4.13. The molecule has 1 N–H and O–H groups in total. The van der Waals surface area contributed by atoms with E-state index in [2.05, 4.69) is 5.10 Å². The van der Waals surface area contributed by atoms with Gasteiger partial charge in [-0.25, -0.2) is 13.9 Å². The molecule has 0 atom stereocenters. The predicted molar refractivity (Wildman–Crippen MR) is 66.6 cm³/mol. The third kappa shape index (κ3) is 2.00. The number of para-hydroxylation sites is 1. The molecule has 20 heavy (non-hydrogen) atoms. The first-order chi connectivity index (χ1) is 9.34. The second kappa shape index (κ2) is 4.72. The van der Waals surface area contributed by atoms with Gasteiger partial charge in [-0.3, -0.25) is 10.1 Å². The van der Waals surface area contributed by atoms with E-state index in [1.807, 2.05) is 0 Å². The van der Waals surface area contributed by atoms with Crippen LogP contribution in [0.5, 0.6) is 0 Å². The summed E-state index contributed by atoms with van der Waals surface area (Å²) in [4.78, 5) is 21.4. The molecule has 0 fully saturated rings. The summed E-state index contributed by atoms with van der Waals surface area (Å²) in [6, 6.07) is 3.54. The Bertz CT molecular complexity index is 724. The van der Waals surface area contributed by atoms with E-state index >= 15 is 0 Å². The van der Waals surface area contributed by atoms with Crippen molar-refractivity contribution in [3.8, 4) is 5.69 Å². The highest BCUT2D eigenvalue weighted by Gasteiger charge is 2.26. The maximum atomic E-state index is 13.9. The average molecular weight is 279 g/mol. The fourth-order valence-electron chi connectivity index (χ4n) is 2.02. The van der Waals surface area contributed by atoms with Crippen molar-refractivity contribution in [3.63, 3.8) is 0 Å². The van der Waals surface area contributed by atoms with Gasteiger partial charge in [0.25, 0.3) is 0 Å². The third-order valence-corrected chi connectivity index (χ3v) is 2.86. The lowest BCUT2D eigenvalue weighted by Crippen LogP contribution is -2.10. The Hall–Kier alpha value is -2.77. The van der Waals surface area contributed by atoms with Crippen molar-refractivity contribution in [3.05, 3.63) is 51.1 Å². The molecule has 0 amide bonds. The van der Waals surface area contributed by atoms with Gasteiger partial charge in [0, 0.05) is 0 Å². The first kappa shape index (κ1) is 13.7. The van der Waals surface area contributed by atoms with Gasteiger partial charge in [-0.2, -0.15) is 5.10 Å². The van der Waals surface area contributed by atoms with E-state index in [0.29, 0.717) is 0 Å². The molecular formula is C12H10FN3O4. The number of hydrogen-bond donors (Lipinski definition) is 1. The SMILES string of the molecule is Cc1nn(-c2c(F)cccc2C(=O)O)c(C)c1[N+](=O)[O-]. The monoisotopic (exact) mass is 279 g/mol. The summed E-state index contributed by atoms with van der Waals surface area (Å²) in [5, 5.41) is 23.9. The molecule has 104 valence electrons. The number of carboxylic acid groups (broad SMARTS) is 1. The summed E-state index contributed by atoms with van der Waals surface area (Å²) in [6.45, 7) is 2.79. The van der Waals surface area contributed by atoms with Crippen molar-refractivity contribution in [1.82, 2.24) is 9.78 Å². The highest BCUT2D eigenvalue weighted by atomic mass is 19.1. The lowest BCUT2D eigenvalue weighted by molar-refractivity contribution is -0.386. The maximum Gasteiger partial charge on any atom is 0.338 e. The maximum absolute atomic E-state index is 13.9. The van der Waals surface area contributed by atoms with Gasteiger partial charge in [-0.15, -0.1) is 0 Å². The van der Waals surface area contributed by atoms with Crippen LogP contribution in [0.25, 0.3) is 5.69 Å². The highest BCUT2D eigenvalue weighted by molar-refractivity contribution is 5.92. The van der Waals surface area contributed by atoms with Crippen LogP contribution in [-0.2, 0) is 0 Å². The Labute approximate surface area is 112 Å². The van der Waals surface area contributed by atoms with Crippen LogP contribution < -0.4 is 0 Å². The van der Waals surface area contributed by atoms with Crippen LogP contribution in [-0.4, -0.2) is 25.8 Å². The summed E-state index contributed by atoms with van der Waals surface area (Å²) < 4.78 is 14.9. The number of benzene rings is 1. The molecule has 0 bridgehead atoms. The number of carboxylic acids is 1. The van der Waals surface area contributed by atoms with E-state index in [1.165, 1.54) is 26.0 Å². The molecular weight excluding hydrogens is 269 g/mol. The van der Waals surface area contributed by atoms with Crippen LogP contribution in [0.4, 0.5) is 10.1 Å². The van der Waals surface area contributed by atoms with E-state index in [9.17, 15) is 19.3 Å². The lowest BCUT2D eigenvalue weighted by Gasteiger charge is -2.08. The van der Waals surface area contributed by atoms with Gasteiger partial charge >= 0.3 is 11.7 Å². The molecule has 0 radical (unpaired) electrons. The summed E-state index contributed by atoms with van der Waals surface area (Å²) in [5.74, 6) is -2.15. The third-order valence-electron chi connectivity index (χ3n) is 2.86. The molecule has 7 nitrogen and oxygen atoms in total. The Morgan fingerprint density at radius 3 is 2.60 bits per heavy atom. The summed E-state index contributed by atoms with van der Waals surface area (Å²) in [7, 11) is 0. The van der Waals surface area contributed by atoms with Gasteiger partial charge in [-0.05, 0) is 26.0 Å². The number of halogens is 1. The van der Waals surface area contributed by atoms with E-state index < -0.39 is 16.7 Å². The second-order valence-corrected chi connectivity index (χ2v) is 4.13. The van der Waals surface area contributed by atoms with Crippen LogP contribution in [0.2, 0.25) is 0 Å². The van der Waals surface area contributed by atoms with Crippen LogP contribution in [0, 0.1) is 29.8 Å². The number of aryl methyl sites for hydroxylation is 1. The van der Waals surface area contributed by atoms with E-state index in [1.54, 1.807) is 0 Å². The molecule has 0 unspecified atom stereocenters. The molecule has 0 aliphatic rings. The molecule has 0 saturated carbocycles. The van der Waals surface area contributed by atoms with E-state index in [-0.39, 0.29) is 28.3 Å². The van der Waals surface area contributed by atoms with Crippen molar-refractivity contribution in [2.75, 3.05) is 0 Å². The quantitative estimate of drug-likeness (QED) is 0.686. The van der Waals surface area contributed by atoms with E-state index in [0.717, 1.165) is 10.7 Å². The minimum absolute atomic E-state index is 0.0695. The zero-order valence-electron chi connectivity index (χ0n) is 10.6. The minimum Gasteiger partial charge on any atom is -0.478 e. The molecule has 2 aromatic rings. The van der Waals surface area contributed by atoms with Gasteiger partial charge in [-0.1, -0.05) is 6.07 Å². The summed E-state index contributed by atoms with van der Waals surface area (Å²) in [5.41, 5.74) is -0.726. The summed E-state index contributed by atoms with van der Waals surface area (Å²) >= 11 is 0. The molecule has 2 rings (SSSR count). The van der Waals surface area contributed by atoms with Crippen LogP contribution >= 0.6 is 0 Å². The molecule has 0 aliphatic carbocycles. The number of carbonyl (C=O) groups is 1. The zero-order valence-corrected chi connectivity index (χ0v) is 10.6. The Morgan fingerprint density at radius 1 is 1.45 bits per heavy atom. The topological polar surface area (TPSA) is 98.3 Å². The summed E-state index contributed by atoms with van der Waals surface area (Å²) in [6.07, 6.45) is 0. The Morgan fingerprint density at radius 2 is 2.10 bits per heavy atom. The smallest absolute Gasteiger partial charge is 0.338 e. The van der Waals surface area contributed by atoms with Gasteiger partial charge in [0.1, 0.15) is 22.9 Å². The zero-order chi connectivity index (χ0) is 15.0. The first-order valence-electron chi connectivity index (χ1n) is 5.57. The fraction of sp³-hybridized carbons (Fsp3) is 0.167. The van der Waals surface area contributed by atoms with Crippen molar-refractivity contribution in [2.45, 2.75) is 13.8 Å². The number of hydrogen-bond acceptors (Lipinski definition) is 4. The average Bonchev–Trinajstić information content (AvgIpc) is 2.64. The van der Waals surface area contributed by atoms with Crippen LogP contribution in [0.1, 0.15) is 21.7 Å². The molecule has 0 saturated heterocycles. The fourth-order valence-corrected chi connectivity index (χ4v) is 2.02. The number of rotatable bonds is 3. The van der Waals surface area contributed by atoms with Gasteiger partial charge in [0.15, 0.2) is 0 Å². The molecule has 0 spiro atoms. The van der Waals surface area contributed by atoms with Crippen molar-refractivity contribution < 1.29 is 19.2 Å². The van der Waals surface area contributed by atoms with Gasteiger partial charge in [0.2, 0.25) is 0 Å². The van der Waals surface area contributed by atoms with Crippen molar-refractivity contribution >= 4 is 11.7 Å². The lowest BCUT2D eigenvalue weighted by atomic mass is 10.1. The normalized spacial score (nSPS) is 10.6. The van der Waals surface area contributed by atoms with Crippen molar-refractivity contribution in [1.29, 1.82) is 0 Å². The number of nitro groups is 1. The number of aromatic nitrogens is 2. The number of nitrogens with zero attached hydrogens (tertiary/aromatic N) is 3. The Kier molecular flexibility index (Phi) is 3.23. The molecule has 0 aliphatic heterocycles. The largest absolute Gasteiger partial charge is 0.478 e. The minimum atomic E-state index is -1.34. The molecule has 8 heteroatoms. The Balaban J connectivity index is 2.79. The van der Waals surface area contributed by atoms with Crippen LogP contribution in [0.3, 0.4) is 0 Å². The van der Waals surface area contributed by atoms with Crippen molar-refractivity contribution in [2.24, 2.45) is 0 Å². The van der Waals surface area contributed by atoms with Crippen LogP contribution in [0.15, 0.2) is 18.2 Å². The number of aromatic carboxylic acids is 1. The molecule has 1 aromatic carbocycles. The standard InChI is InChI=1S/C12H10FN3O4/c1-6-10(16(19)20)7(2)15(14-6)11-8(12(17)18)4-3-5-9(11)13/h3-5H,1-2H3,(H,17,18).